The molecule has 0 amide bonds. The SMILES string of the molecule is COc1ccc2cnc(Nc3ccc(F)c(F)c3)nc2c1C1CCCC1. The van der Waals surface area contributed by atoms with Gasteiger partial charge >= 0.3 is 0 Å². The molecule has 0 bridgehead atoms. The second-order valence-corrected chi connectivity index (χ2v) is 6.55. The van der Waals surface area contributed by atoms with Crippen molar-refractivity contribution >= 4 is 22.5 Å². The molecule has 1 aromatic heterocycles. The quantitative estimate of drug-likeness (QED) is 0.688. The van der Waals surface area contributed by atoms with Crippen molar-refractivity contribution in [3.8, 4) is 5.75 Å². The molecule has 1 aliphatic carbocycles. The molecule has 1 heterocycles. The molecule has 4 rings (SSSR count). The average Bonchev–Trinajstić information content (AvgIpc) is 3.18. The van der Waals surface area contributed by atoms with Crippen LogP contribution in [0.5, 0.6) is 5.75 Å². The van der Waals surface area contributed by atoms with Crippen molar-refractivity contribution in [3.05, 3.63) is 53.7 Å². The van der Waals surface area contributed by atoms with E-state index in [-0.39, 0.29) is 0 Å². The summed E-state index contributed by atoms with van der Waals surface area (Å²) in [7, 11) is 1.67. The average molecular weight is 355 g/mol. The summed E-state index contributed by atoms with van der Waals surface area (Å²) in [5.74, 6) is -0.204. The third-order valence-electron chi connectivity index (χ3n) is 4.91. The predicted molar refractivity (Wildman–Crippen MR) is 96.9 cm³/mol. The molecule has 1 fully saturated rings. The van der Waals surface area contributed by atoms with Crippen LogP contribution < -0.4 is 10.1 Å². The Morgan fingerprint density at radius 2 is 1.88 bits per heavy atom. The maximum atomic E-state index is 13.4. The molecule has 0 unspecified atom stereocenters. The van der Waals surface area contributed by atoms with Crippen LogP contribution in [0.2, 0.25) is 0 Å². The van der Waals surface area contributed by atoms with Crippen LogP contribution in [0, 0.1) is 11.6 Å². The lowest BCUT2D eigenvalue weighted by Gasteiger charge is -2.17. The largest absolute Gasteiger partial charge is 0.496 e. The molecule has 1 N–H and O–H groups in total. The Morgan fingerprint density at radius 1 is 1.08 bits per heavy atom. The molecular formula is C20H19F2N3O. The van der Waals surface area contributed by atoms with Crippen molar-refractivity contribution in [1.29, 1.82) is 0 Å². The van der Waals surface area contributed by atoms with Crippen molar-refractivity contribution < 1.29 is 13.5 Å². The molecule has 0 aliphatic heterocycles. The molecule has 1 aliphatic rings. The molecule has 134 valence electrons. The van der Waals surface area contributed by atoms with E-state index in [0.717, 1.165) is 47.2 Å². The standard InChI is InChI=1S/C20H19F2N3O/c1-26-17-9-6-13-11-23-20(24-14-7-8-15(21)16(22)10-14)25-19(13)18(17)12-4-2-3-5-12/h6-12H,2-5H2,1H3,(H,23,24,25). The van der Waals surface area contributed by atoms with E-state index < -0.39 is 11.6 Å². The maximum absolute atomic E-state index is 13.4. The second-order valence-electron chi connectivity index (χ2n) is 6.55. The Kier molecular flexibility index (Phi) is 4.41. The zero-order valence-electron chi connectivity index (χ0n) is 14.4. The number of nitrogens with one attached hydrogen (secondary N) is 1. The van der Waals surface area contributed by atoms with E-state index in [1.807, 2.05) is 12.1 Å². The van der Waals surface area contributed by atoms with Gasteiger partial charge in [0.15, 0.2) is 11.6 Å². The van der Waals surface area contributed by atoms with Crippen molar-refractivity contribution in [2.75, 3.05) is 12.4 Å². The lowest BCUT2D eigenvalue weighted by Crippen LogP contribution is -2.03. The van der Waals surface area contributed by atoms with E-state index in [9.17, 15) is 8.78 Å². The zero-order chi connectivity index (χ0) is 18.1. The van der Waals surface area contributed by atoms with E-state index in [0.29, 0.717) is 17.6 Å². The summed E-state index contributed by atoms with van der Waals surface area (Å²) in [4.78, 5) is 8.96. The third kappa shape index (κ3) is 3.07. The van der Waals surface area contributed by atoms with Crippen LogP contribution in [-0.4, -0.2) is 17.1 Å². The first kappa shape index (κ1) is 16.7. The number of anilines is 2. The number of fused-ring (bicyclic) bond motifs is 1. The molecule has 0 spiro atoms. The molecule has 4 nitrogen and oxygen atoms in total. The first-order valence-electron chi connectivity index (χ1n) is 8.71. The maximum Gasteiger partial charge on any atom is 0.227 e. The fraction of sp³-hybridized carbons (Fsp3) is 0.300. The van der Waals surface area contributed by atoms with Crippen molar-refractivity contribution in [3.63, 3.8) is 0 Å². The van der Waals surface area contributed by atoms with Gasteiger partial charge in [0.1, 0.15) is 5.75 Å². The van der Waals surface area contributed by atoms with Crippen LogP contribution in [0.25, 0.3) is 10.9 Å². The van der Waals surface area contributed by atoms with Gasteiger partial charge in [-0.3, -0.25) is 0 Å². The van der Waals surface area contributed by atoms with Gasteiger partial charge < -0.3 is 10.1 Å². The van der Waals surface area contributed by atoms with Crippen LogP contribution in [-0.2, 0) is 0 Å². The number of aromatic nitrogens is 2. The molecule has 6 heteroatoms. The second kappa shape index (κ2) is 6.86. The Balaban J connectivity index is 1.77. The summed E-state index contributed by atoms with van der Waals surface area (Å²) in [6.45, 7) is 0. The topological polar surface area (TPSA) is 47.0 Å². The normalized spacial score (nSPS) is 14.7. The van der Waals surface area contributed by atoms with Gasteiger partial charge in [-0.1, -0.05) is 12.8 Å². The highest BCUT2D eigenvalue weighted by atomic mass is 19.2. The summed E-state index contributed by atoms with van der Waals surface area (Å²) < 4.78 is 32.1. The Hall–Kier alpha value is -2.76. The highest BCUT2D eigenvalue weighted by Crippen LogP contribution is 2.42. The van der Waals surface area contributed by atoms with Gasteiger partial charge in [-0.15, -0.1) is 0 Å². The monoisotopic (exact) mass is 355 g/mol. The van der Waals surface area contributed by atoms with Gasteiger partial charge in [-0.05, 0) is 43.0 Å². The number of hydrogen-bond acceptors (Lipinski definition) is 4. The molecule has 3 aromatic rings. The van der Waals surface area contributed by atoms with Gasteiger partial charge in [-0.2, -0.15) is 0 Å². The number of methoxy groups -OCH3 is 1. The highest BCUT2D eigenvalue weighted by Gasteiger charge is 2.24. The first-order valence-corrected chi connectivity index (χ1v) is 8.71. The number of rotatable bonds is 4. The van der Waals surface area contributed by atoms with Crippen LogP contribution in [0.3, 0.4) is 0 Å². The summed E-state index contributed by atoms with van der Waals surface area (Å²) >= 11 is 0. The zero-order valence-corrected chi connectivity index (χ0v) is 14.4. The van der Waals surface area contributed by atoms with Gasteiger partial charge in [0, 0.05) is 28.9 Å². The number of benzene rings is 2. The van der Waals surface area contributed by atoms with Crippen molar-refractivity contribution in [2.24, 2.45) is 0 Å². The minimum atomic E-state index is -0.913. The minimum absolute atomic E-state index is 0.344. The van der Waals surface area contributed by atoms with Crippen LogP contribution in [0.1, 0.15) is 37.2 Å². The van der Waals surface area contributed by atoms with E-state index >= 15 is 0 Å². The van der Waals surface area contributed by atoms with Crippen LogP contribution in [0.4, 0.5) is 20.4 Å². The van der Waals surface area contributed by atoms with E-state index in [4.69, 9.17) is 4.74 Å². The Bertz CT molecular complexity index is 955. The van der Waals surface area contributed by atoms with E-state index in [1.165, 1.54) is 18.9 Å². The van der Waals surface area contributed by atoms with Crippen LogP contribution >= 0.6 is 0 Å². The number of hydrogen-bond donors (Lipinski definition) is 1. The van der Waals surface area contributed by atoms with Gasteiger partial charge in [0.05, 0.1) is 12.6 Å². The lowest BCUT2D eigenvalue weighted by molar-refractivity contribution is 0.406. The van der Waals surface area contributed by atoms with Crippen LogP contribution in [0.15, 0.2) is 36.5 Å². The van der Waals surface area contributed by atoms with E-state index in [1.54, 1.807) is 13.3 Å². The Morgan fingerprint density at radius 3 is 2.62 bits per heavy atom. The summed E-state index contributed by atoms with van der Waals surface area (Å²) in [5.41, 5.74) is 2.35. The van der Waals surface area contributed by atoms with Crippen molar-refractivity contribution in [2.45, 2.75) is 31.6 Å². The van der Waals surface area contributed by atoms with Gasteiger partial charge in [0.25, 0.3) is 0 Å². The third-order valence-corrected chi connectivity index (χ3v) is 4.91. The number of ether oxygens (including phenoxy) is 1. The molecule has 0 saturated heterocycles. The summed E-state index contributed by atoms with van der Waals surface area (Å²) in [6.07, 6.45) is 6.38. The first-order chi connectivity index (χ1) is 12.7. The van der Waals surface area contributed by atoms with Gasteiger partial charge in [-0.25, -0.2) is 18.7 Å². The predicted octanol–water partition coefficient (Wildman–Crippen LogP) is 5.32. The smallest absolute Gasteiger partial charge is 0.227 e. The van der Waals surface area contributed by atoms with E-state index in [2.05, 4.69) is 15.3 Å². The Labute approximate surface area is 150 Å². The fourth-order valence-corrected chi connectivity index (χ4v) is 3.65. The molecule has 26 heavy (non-hydrogen) atoms. The lowest BCUT2D eigenvalue weighted by atomic mass is 9.94. The fourth-order valence-electron chi connectivity index (χ4n) is 3.65. The molecular weight excluding hydrogens is 336 g/mol. The van der Waals surface area contributed by atoms with Crippen molar-refractivity contribution in [1.82, 2.24) is 9.97 Å². The molecule has 0 atom stereocenters. The van der Waals surface area contributed by atoms with Gasteiger partial charge in [0.2, 0.25) is 5.95 Å². The molecule has 2 aromatic carbocycles. The summed E-state index contributed by atoms with van der Waals surface area (Å²) in [6, 6.07) is 7.52. The summed E-state index contributed by atoms with van der Waals surface area (Å²) in [5, 5.41) is 3.88. The number of nitrogens with zero attached hydrogens (tertiary/aromatic N) is 2. The highest BCUT2D eigenvalue weighted by molar-refractivity contribution is 5.85. The minimum Gasteiger partial charge on any atom is -0.496 e. The number of halogens is 2. The molecule has 0 radical (unpaired) electrons. The molecule has 1 saturated carbocycles.